The summed E-state index contributed by atoms with van der Waals surface area (Å²) in [4.78, 5) is 92.5. The van der Waals surface area contributed by atoms with Crippen LogP contribution in [0.15, 0.2) is 109 Å². The summed E-state index contributed by atoms with van der Waals surface area (Å²) in [7, 11) is 3.45. The Hall–Kier alpha value is -6.46. The SMILES string of the molecule is CN[C@@H](C)C(=O)N[C@H](C(=O)N1CCC[C@@H]1CN(CCc1ccccc1)C(=O)c1ccc(-c2ccc(C(=O)N(CCc3ccccc3)C[C@@H]3CCCN3C(=O)[C@@H](NC(=O)[C@H](C)NC)C3CCOCC3)cc2)cc1)C1CCOCC1. The van der Waals surface area contributed by atoms with E-state index in [0.29, 0.717) is 115 Å². The Morgan fingerprint density at radius 2 is 0.872 bits per heavy atom. The van der Waals surface area contributed by atoms with Gasteiger partial charge in [-0.25, -0.2) is 0 Å². The number of likely N-dealkylation sites (tertiary alicyclic amines) is 2. The molecule has 0 unspecified atom stereocenters. The number of nitrogens with zero attached hydrogens (tertiary/aromatic N) is 4. The smallest absolute Gasteiger partial charge is 0.253 e. The molecule has 0 radical (unpaired) electrons. The molecule has 78 heavy (non-hydrogen) atoms. The van der Waals surface area contributed by atoms with E-state index in [2.05, 4.69) is 45.5 Å². The average molecular weight is 1070 g/mol. The quantitative estimate of drug-likeness (QED) is 0.0715. The fraction of sp³-hybridized carbons (Fsp3) is 0.516. The van der Waals surface area contributed by atoms with Crippen molar-refractivity contribution in [1.82, 2.24) is 40.9 Å². The zero-order valence-electron chi connectivity index (χ0n) is 46.2. The Balaban J connectivity index is 0.969. The standard InChI is InChI=1S/C62H82N8O8/c1-43(63-3)57(71)65-55(49-29-37-77-38-30-49)61(75)69-33-11-17-53(69)41-67(35-27-45-13-7-5-8-14-45)59(73)51-23-19-47(20-24-51)48-21-25-52(26-22-48)60(74)68(36-28-46-15-9-6-10-16-46)42-54-18-12-34-70(54)62(76)56(50-31-39-78-40-32-50)66-58(72)44(2)64-4/h5-10,13-16,19-26,43-44,49-50,53-56,63-64H,11-12,17-18,27-42H2,1-4H3,(H,65,71)(H,66,72)/t43-,44-,53-,54+,55-,56-/m0/s1. The molecule has 8 rings (SSSR count). The zero-order chi connectivity index (χ0) is 55.0. The van der Waals surface area contributed by atoms with E-state index in [-0.39, 0.29) is 59.4 Å². The van der Waals surface area contributed by atoms with Gasteiger partial charge in [0.05, 0.1) is 12.1 Å². The van der Waals surface area contributed by atoms with E-state index in [4.69, 9.17) is 9.47 Å². The first-order chi connectivity index (χ1) is 37.9. The topological polar surface area (TPSA) is 182 Å². The summed E-state index contributed by atoms with van der Waals surface area (Å²) >= 11 is 0. The van der Waals surface area contributed by atoms with Crippen LogP contribution < -0.4 is 21.3 Å². The van der Waals surface area contributed by atoms with E-state index < -0.39 is 24.2 Å². The maximum Gasteiger partial charge on any atom is 0.253 e. The molecule has 4 heterocycles. The summed E-state index contributed by atoms with van der Waals surface area (Å²) in [6, 6.07) is 32.6. The minimum absolute atomic E-state index is 0.0468. The van der Waals surface area contributed by atoms with Crippen LogP contribution in [0.5, 0.6) is 0 Å². The maximum absolute atomic E-state index is 14.7. The van der Waals surface area contributed by atoms with Crippen LogP contribution in [0.3, 0.4) is 0 Å². The highest BCUT2D eigenvalue weighted by molar-refractivity contribution is 5.96. The third-order valence-electron chi connectivity index (χ3n) is 16.6. The normalized spacial score (nSPS) is 19.6. The molecule has 4 aliphatic rings. The lowest BCUT2D eigenvalue weighted by molar-refractivity contribution is -0.140. The van der Waals surface area contributed by atoms with Crippen molar-refractivity contribution >= 4 is 35.4 Å². The molecule has 4 aliphatic heterocycles. The molecule has 418 valence electrons. The van der Waals surface area contributed by atoms with Gasteiger partial charge in [-0.2, -0.15) is 0 Å². The molecule has 6 amide bonds. The van der Waals surface area contributed by atoms with Crippen LogP contribution in [0.2, 0.25) is 0 Å². The van der Waals surface area contributed by atoms with E-state index in [1.807, 2.05) is 105 Å². The molecule has 4 N–H and O–H groups in total. The molecule has 0 saturated carbocycles. The summed E-state index contributed by atoms with van der Waals surface area (Å²) < 4.78 is 11.3. The number of ether oxygens (including phenoxy) is 2. The number of carbonyl (C=O) groups excluding carboxylic acids is 6. The molecule has 0 spiro atoms. The van der Waals surface area contributed by atoms with Crippen molar-refractivity contribution in [2.24, 2.45) is 11.8 Å². The van der Waals surface area contributed by atoms with Gasteiger partial charge in [-0.05, 0) is 151 Å². The van der Waals surface area contributed by atoms with E-state index in [0.717, 1.165) is 47.9 Å². The van der Waals surface area contributed by atoms with Crippen LogP contribution in [0.4, 0.5) is 0 Å². The van der Waals surface area contributed by atoms with Crippen molar-refractivity contribution in [2.75, 3.05) is 79.8 Å². The first-order valence-corrected chi connectivity index (χ1v) is 28.5. The zero-order valence-corrected chi connectivity index (χ0v) is 46.2. The van der Waals surface area contributed by atoms with Crippen LogP contribution in [0.25, 0.3) is 11.1 Å². The molecular formula is C62H82N8O8. The van der Waals surface area contributed by atoms with Crippen molar-refractivity contribution in [3.63, 3.8) is 0 Å². The Morgan fingerprint density at radius 1 is 0.513 bits per heavy atom. The van der Waals surface area contributed by atoms with Gasteiger partial charge in [0.2, 0.25) is 23.6 Å². The van der Waals surface area contributed by atoms with E-state index in [1.165, 1.54) is 0 Å². The predicted octanol–water partition coefficient (Wildman–Crippen LogP) is 5.74. The summed E-state index contributed by atoms with van der Waals surface area (Å²) in [6.45, 7) is 8.49. The van der Waals surface area contributed by atoms with Gasteiger partial charge in [0.25, 0.3) is 11.8 Å². The van der Waals surface area contributed by atoms with Gasteiger partial charge in [-0.1, -0.05) is 84.9 Å². The van der Waals surface area contributed by atoms with Crippen LogP contribution in [-0.2, 0) is 41.5 Å². The fourth-order valence-electron chi connectivity index (χ4n) is 11.5. The number of likely N-dealkylation sites (N-methyl/N-ethyl adjacent to an activating group) is 2. The largest absolute Gasteiger partial charge is 0.381 e. The van der Waals surface area contributed by atoms with Gasteiger partial charge in [0.1, 0.15) is 12.1 Å². The lowest BCUT2D eigenvalue weighted by Gasteiger charge is -2.37. The number of benzene rings is 4. The monoisotopic (exact) mass is 1070 g/mol. The third kappa shape index (κ3) is 15.0. The second-order valence-corrected chi connectivity index (χ2v) is 21.7. The van der Waals surface area contributed by atoms with Crippen molar-refractivity contribution < 1.29 is 38.2 Å². The molecule has 0 bridgehead atoms. The molecular weight excluding hydrogens is 985 g/mol. The van der Waals surface area contributed by atoms with E-state index >= 15 is 0 Å². The Morgan fingerprint density at radius 3 is 1.22 bits per heavy atom. The predicted molar refractivity (Wildman–Crippen MR) is 301 cm³/mol. The number of hydrogen-bond acceptors (Lipinski definition) is 10. The Kier molecular flexibility index (Phi) is 21.0. The van der Waals surface area contributed by atoms with Gasteiger partial charge in [0.15, 0.2) is 0 Å². The van der Waals surface area contributed by atoms with Crippen molar-refractivity contribution in [3.8, 4) is 11.1 Å². The number of rotatable bonds is 23. The minimum Gasteiger partial charge on any atom is -0.381 e. The highest BCUT2D eigenvalue weighted by Gasteiger charge is 2.42. The molecule has 4 aromatic carbocycles. The van der Waals surface area contributed by atoms with Gasteiger partial charge in [-0.15, -0.1) is 0 Å². The summed E-state index contributed by atoms with van der Waals surface area (Å²) in [5, 5.41) is 12.2. The van der Waals surface area contributed by atoms with Crippen LogP contribution in [-0.4, -0.2) is 171 Å². The number of carbonyl (C=O) groups is 6. The van der Waals surface area contributed by atoms with Crippen LogP contribution >= 0.6 is 0 Å². The summed E-state index contributed by atoms with van der Waals surface area (Å²) in [5.41, 5.74) is 5.06. The molecule has 0 aromatic heterocycles. The highest BCUT2D eigenvalue weighted by atomic mass is 16.5. The minimum atomic E-state index is -0.680. The van der Waals surface area contributed by atoms with E-state index in [1.54, 1.807) is 27.9 Å². The van der Waals surface area contributed by atoms with Gasteiger partial charge >= 0.3 is 0 Å². The molecule has 16 nitrogen and oxygen atoms in total. The van der Waals surface area contributed by atoms with Gasteiger partial charge in [-0.3, -0.25) is 28.8 Å². The van der Waals surface area contributed by atoms with Crippen LogP contribution in [0.1, 0.15) is 97.1 Å². The van der Waals surface area contributed by atoms with Crippen molar-refractivity contribution in [2.45, 2.75) is 114 Å². The van der Waals surface area contributed by atoms with Crippen LogP contribution in [0, 0.1) is 11.8 Å². The van der Waals surface area contributed by atoms with E-state index in [9.17, 15) is 28.8 Å². The maximum atomic E-state index is 14.7. The number of hydrogen-bond donors (Lipinski definition) is 4. The van der Waals surface area contributed by atoms with Gasteiger partial charge < -0.3 is 50.3 Å². The third-order valence-corrected chi connectivity index (χ3v) is 16.6. The average Bonchev–Trinajstić information content (AvgIpc) is 4.21. The molecule has 4 fully saturated rings. The first kappa shape index (κ1) is 57.7. The second-order valence-electron chi connectivity index (χ2n) is 21.7. The molecule has 0 aliphatic carbocycles. The lowest BCUT2D eigenvalue weighted by atomic mass is 9.90. The Labute approximate surface area is 461 Å². The molecule has 4 saturated heterocycles. The number of amides is 6. The Bertz CT molecular complexity index is 2410. The summed E-state index contributed by atoms with van der Waals surface area (Å²) in [6.07, 6.45) is 7.12. The first-order valence-electron chi connectivity index (χ1n) is 28.5. The van der Waals surface area contributed by atoms with Crippen molar-refractivity contribution in [3.05, 3.63) is 131 Å². The fourth-order valence-corrected chi connectivity index (χ4v) is 11.5. The highest BCUT2D eigenvalue weighted by Crippen LogP contribution is 2.29. The van der Waals surface area contributed by atoms with Gasteiger partial charge in [0, 0.05) is 88.9 Å². The second kappa shape index (κ2) is 28.4. The number of nitrogens with one attached hydrogen (secondary N) is 4. The molecule has 6 atom stereocenters. The van der Waals surface area contributed by atoms with Crippen molar-refractivity contribution in [1.29, 1.82) is 0 Å². The molecule has 16 heteroatoms. The summed E-state index contributed by atoms with van der Waals surface area (Å²) in [5.74, 6) is -0.977. The lowest BCUT2D eigenvalue weighted by Crippen LogP contribution is -2.58. The molecule has 4 aromatic rings.